The average Bonchev–Trinajstić information content (AvgIpc) is 3.15. The molecule has 0 spiro atoms. The third-order valence-electron chi connectivity index (χ3n) is 4.13. The van der Waals surface area contributed by atoms with Crippen LogP contribution in [-0.2, 0) is 20.9 Å². The van der Waals surface area contributed by atoms with Crippen LogP contribution in [0.25, 0.3) is 0 Å². The zero-order valence-corrected chi connectivity index (χ0v) is 16.6. The summed E-state index contributed by atoms with van der Waals surface area (Å²) in [5, 5.41) is 2.77. The van der Waals surface area contributed by atoms with Crippen LogP contribution in [-0.4, -0.2) is 61.8 Å². The van der Waals surface area contributed by atoms with Crippen molar-refractivity contribution in [1.82, 2.24) is 9.88 Å². The predicted molar refractivity (Wildman–Crippen MR) is 102 cm³/mol. The fourth-order valence-corrected chi connectivity index (χ4v) is 3.25. The maximum absolute atomic E-state index is 12.3. The Balaban J connectivity index is 1.57. The highest BCUT2D eigenvalue weighted by atomic mass is 32.1. The molecule has 1 aromatic heterocycles. The Morgan fingerprint density at radius 3 is 2.71 bits per heavy atom. The van der Waals surface area contributed by atoms with Crippen molar-refractivity contribution in [2.45, 2.75) is 13.5 Å². The van der Waals surface area contributed by atoms with E-state index >= 15 is 0 Å². The summed E-state index contributed by atoms with van der Waals surface area (Å²) in [5.41, 5.74) is 1.04. The molecule has 150 valence electrons. The number of carbonyl (C=O) groups excluding carboxylic acids is 2. The molecule has 3 rings (SSSR count). The Morgan fingerprint density at radius 1 is 1.25 bits per heavy atom. The smallest absolute Gasteiger partial charge is 0.338 e. The lowest BCUT2D eigenvalue weighted by Crippen LogP contribution is -2.43. The van der Waals surface area contributed by atoms with Gasteiger partial charge in [-0.1, -0.05) is 0 Å². The lowest BCUT2D eigenvalue weighted by molar-refractivity contribution is -0.137. The average molecular weight is 406 g/mol. The van der Waals surface area contributed by atoms with Gasteiger partial charge in [0.2, 0.25) is 0 Å². The molecule has 2 aromatic rings. The van der Waals surface area contributed by atoms with Crippen molar-refractivity contribution < 1.29 is 28.5 Å². The summed E-state index contributed by atoms with van der Waals surface area (Å²) in [5.74, 6) is 0.136. The molecule has 8 nitrogen and oxygen atoms in total. The molecular weight excluding hydrogens is 384 g/mol. The van der Waals surface area contributed by atoms with E-state index < -0.39 is 5.97 Å². The summed E-state index contributed by atoms with van der Waals surface area (Å²) < 4.78 is 21.4. The number of amides is 1. The van der Waals surface area contributed by atoms with Crippen LogP contribution in [0.5, 0.6) is 11.5 Å². The van der Waals surface area contributed by atoms with Gasteiger partial charge >= 0.3 is 5.97 Å². The third kappa shape index (κ3) is 5.20. The van der Waals surface area contributed by atoms with Crippen molar-refractivity contribution in [3.05, 3.63) is 39.8 Å². The predicted octanol–water partition coefficient (Wildman–Crippen LogP) is 2.05. The number of aryl methyl sites for hydroxylation is 1. The number of methoxy groups -OCH3 is 1. The number of rotatable bonds is 7. The van der Waals surface area contributed by atoms with Gasteiger partial charge in [0.1, 0.15) is 6.61 Å². The molecule has 0 unspecified atom stereocenters. The quantitative estimate of drug-likeness (QED) is 0.651. The summed E-state index contributed by atoms with van der Waals surface area (Å²) in [7, 11) is 1.47. The molecule has 0 atom stereocenters. The lowest BCUT2D eigenvalue weighted by Gasteiger charge is -2.26. The van der Waals surface area contributed by atoms with E-state index in [9.17, 15) is 9.59 Å². The molecule has 1 saturated heterocycles. The van der Waals surface area contributed by atoms with E-state index in [2.05, 4.69) is 4.98 Å². The van der Waals surface area contributed by atoms with Gasteiger partial charge in [0, 0.05) is 18.5 Å². The standard InChI is InChI=1S/C19H22N2O6S/c1-13-20-15(12-28-13)10-27-19(23)14-3-4-16(17(9-14)24-2)26-11-18(22)21-5-7-25-8-6-21/h3-4,9,12H,5-8,10-11H2,1-2H3. The number of ether oxygens (including phenoxy) is 4. The zero-order chi connectivity index (χ0) is 19.9. The number of esters is 1. The summed E-state index contributed by atoms with van der Waals surface area (Å²) in [4.78, 5) is 30.4. The number of benzene rings is 1. The highest BCUT2D eigenvalue weighted by Crippen LogP contribution is 2.28. The van der Waals surface area contributed by atoms with Crippen molar-refractivity contribution in [2.24, 2.45) is 0 Å². The summed E-state index contributed by atoms with van der Waals surface area (Å²) in [6.45, 7) is 4.08. The van der Waals surface area contributed by atoms with Gasteiger partial charge in [-0.15, -0.1) is 11.3 Å². The van der Waals surface area contributed by atoms with E-state index in [0.717, 1.165) is 5.01 Å². The highest BCUT2D eigenvalue weighted by Gasteiger charge is 2.19. The molecule has 2 heterocycles. The maximum Gasteiger partial charge on any atom is 0.338 e. The normalized spacial score (nSPS) is 13.9. The molecule has 1 fully saturated rings. The van der Waals surface area contributed by atoms with Gasteiger partial charge in [0.15, 0.2) is 18.1 Å². The summed E-state index contributed by atoms with van der Waals surface area (Å²) >= 11 is 1.50. The second kappa shape index (κ2) is 9.52. The number of morpholine rings is 1. The van der Waals surface area contributed by atoms with Gasteiger partial charge in [-0.25, -0.2) is 9.78 Å². The van der Waals surface area contributed by atoms with Crippen LogP contribution in [0.3, 0.4) is 0 Å². The molecule has 1 amide bonds. The lowest BCUT2D eigenvalue weighted by atomic mass is 10.2. The van der Waals surface area contributed by atoms with Crippen LogP contribution in [0.2, 0.25) is 0 Å². The molecular formula is C19H22N2O6S. The Kier molecular flexibility index (Phi) is 6.83. The second-order valence-corrected chi connectivity index (χ2v) is 7.14. The second-order valence-electron chi connectivity index (χ2n) is 6.08. The van der Waals surface area contributed by atoms with Crippen molar-refractivity contribution >= 4 is 23.2 Å². The minimum absolute atomic E-state index is 0.108. The van der Waals surface area contributed by atoms with E-state index in [0.29, 0.717) is 49.1 Å². The molecule has 0 saturated carbocycles. The third-order valence-corrected chi connectivity index (χ3v) is 4.95. The first kappa shape index (κ1) is 20.1. The van der Waals surface area contributed by atoms with E-state index in [4.69, 9.17) is 18.9 Å². The van der Waals surface area contributed by atoms with Crippen molar-refractivity contribution in [3.8, 4) is 11.5 Å². The Bertz CT molecular complexity index is 832. The van der Waals surface area contributed by atoms with Crippen LogP contribution in [0.1, 0.15) is 21.1 Å². The Morgan fingerprint density at radius 2 is 2.04 bits per heavy atom. The monoisotopic (exact) mass is 406 g/mol. The van der Waals surface area contributed by atoms with Crippen LogP contribution < -0.4 is 9.47 Å². The Hall–Kier alpha value is -2.65. The van der Waals surface area contributed by atoms with E-state index in [1.165, 1.54) is 24.5 Å². The number of hydrogen-bond donors (Lipinski definition) is 0. The molecule has 0 aliphatic carbocycles. The molecule has 9 heteroatoms. The fourth-order valence-electron chi connectivity index (χ4n) is 2.65. The van der Waals surface area contributed by atoms with Crippen molar-refractivity contribution in [2.75, 3.05) is 40.0 Å². The molecule has 28 heavy (non-hydrogen) atoms. The van der Waals surface area contributed by atoms with Gasteiger partial charge in [0.25, 0.3) is 5.91 Å². The first-order chi connectivity index (χ1) is 13.6. The highest BCUT2D eigenvalue weighted by molar-refractivity contribution is 7.09. The topological polar surface area (TPSA) is 87.2 Å². The summed E-state index contributed by atoms with van der Waals surface area (Å²) in [6, 6.07) is 4.70. The van der Waals surface area contributed by atoms with E-state index in [1.54, 1.807) is 17.0 Å². The first-order valence-corrected chi connectivity index (χ1v) is 9.69. The van der Waals surface area contributed by atoms with Crippen LogP contribution in [0.4, 0.5) is 0 Å². The number of thiazole rings is 1. The van der Waals surface area contributed by atoms with Gasteiger partial charge in [-0.3, -0.25) is 4.79 Å². The molecule has 0 bridgehead atoms. The number of nitrogens with zero attached hydrogens (tertiary/aromatic N) is 2. The maximum atomic E-state index is 12.3. The van der Waals surface area contributed by atoms with E-state index in [-0.39, 0.29) is 19.1 Å². The SMILES string of the molecule is COc1cc(C(=O)OCc2csc(C)n2)ccc1OCC(=O)N1CCOCC1. The first-order valence-electron chi connectivity index (χ1n) is 8.81. The van der Waals surface area contributed by atoms with E-state index in [1.807, 2.05) is 12.3 Å². The molecule has 1 aromatic carbocycles. The fraction of sp³-hybridized carbons (Fsp3) is 0.421. The van der Waals surface area contributed by atoms with Crippen molar-refractivity contribution in [1.29, 1.82) is 0 Å². The van der Waals surface area contributed by atoms with Gasteiger partial charge in [0.05, 0.1) is 36.6 Å². The largest absolute Gasteiger partial charge is 0.493 e. The molecule has 1 aliphatic rings. The number of hydrogen-bond acceptors (Lipinski definition) is 8. The molecule has 0 N–H and O–H groups in total. The van der Waals surface area contributed by atoms with Gasteiger partial charge in [-0.05, 0) is 25.1 Å². The zero-order valence-electron chi connectivity index (χ0n) is 15.8. The number of carbonyl (C=O) groups is 2. The minimum Gasteiger partial charge on any atom is -0.493 e. The molecule has 0 radical (unpaired) electrons. The van der Waals surface area contributed by atoms with Crippen LogP contribution in [0.15, 0.2) is 23.6 Å². The van der Waals surface area contributed by atoms with Crippen molar-refractivity contribution in [3.63, 3.8) is 0 Å². The van der Waals surface area contributed by atoms with Crippen LogP contribution >= 0.6 is 11.3 Å². The Labute approximate surface area is 167 Å². The van der Waals surface area contributed by atoms with Gasteiger partial charge in [-0.2, -0.15) is 0 Å². The minimum atomic E-state index is -0.486. The summed E-state index contributed by atoms with van der Waals surface area (Å²) in [6.07, 6.45) is 0. The molecule has 1 aliphatic heterocycles. The van der Waals surface area contributed by atoms with Crippen LogP contribution in [0, 0.1) is 6.92 Å². The number of aromatic nitrogens is 1. The van der Waals surface area contributed by atoms with Gasteiger partial charge < -0.3 is 23.8 Å².